The minimum atomic E-state index is 0.869. The fourth-order valence-electron chi connectivity index (χ4n) is 3.04. The summed E-state index contributed by atoms with van der Waals surface area (Å²) in [6, 6.07) is 0. The summed E-state index contributed by atoms with van der Waals surface area (Å²) in [5, 5.41) is 6.79. The maximum atomic E-state index is 5.05. The van der Waals surface area contributed by atoms with E-state index in [0.717, 1.165) is 38.0 Å². The Morgan fingerprint density at radius 1 is 1.00 bits per heavy atom. The summed E-state index contributed by atoms with van der Waals surface area (Å²) in [5.41, 5.74) is 0. The lowest BCUT2D eigenvalue weighted by Gasteiger charge is -2.12. The standard InChI is InChI=1S/C17H35N3O/c1-18-17(19-13-7-3-9-15-21-2)20-14-8-6-12-16-10-4-5-11-16/h16H,3-15H2,1-2H3,(H2,18,19,20). The average Bonchev–Trinajstić information content (AvgIpc) is 3.01. The van der Waals surface area contributed by atoms with Crippen molar-refractivity contribution in [2.75, 3.05) is 33.9 Å². The van der Waals surface area contributed by atoms with Crippen LogP contribution in [-0.2, 0) is 4.74 Å². The third-order valence-corrected chi connectivity index (χ3v) is 4.35. The van der Waals surface area contributed by atoms with Crippen LogP contribution < -0.4 is 10.6 Å². The van der Waals surface area contributed by atoms with E-state index < -0.39 is 0 Å². The molecule has 0 unspecified atom stereocenters. The molecule has 1 rings (SSSR count). The molecule has 0 bridgehead atoms. The van der Waals surface area contributed by atoms with Crippen molar-refractivity contribution < 1.29 is 4.74 Å². The number of guanidine groups is 1. The molecule has 21 heavy (non-hydrogen) atoms. The van der Waals surface area contributed by atoms with Crippen molar-refractivity contribution in [2.24, 2.45) is 10.9 Å². The van der Waals surface area contributed by atoms with Gasteiger partial charge < -0.3 is 15.4 Å². The predicted octanol–water partition coefficient (Wildman–Crippen LogP) is 3.33. The van der Waals surface area contributed by atoms with E-state index >= 15 is 0 Å². The lowest BCUT2D eigenvalue weighted by molar-refractivity contribution is 0.192. The van der Waals surface area contributed by atoms with E-state index in [4.69, 9.17) is 4.74 Å². The predicted molar refractivity (Wildman–Crippen MR) is 90.9 cm³/mol. The summed E-state index contributed by atoms with van der Waals surface area (Å²) in [6.45, 7) is 2.90. The Balaban J connectivity index is 1.90. The molecule has 1 aliphatic carbocycles. The van der Waals surface area contributed by atoms with Crippen LogP contribution in [0, 0.1) is 5.92 Å². The molecule has 1 saturated carbocycles. The first-order valence-electron chi connectivity index (χ1n) is 8.80. The zero-order valence-electron chi connectivity index (χ0n) is 14.1. The molecule has 0 aliphatic heterocycles. The molecule has 0 aromatic rings. The third kappa shape index (κ3) is 9.72. The number of hydrogen-bond acceptors (Lipinski definition) is 2. The highest BCUT2D eigenvalue weighted by atomic mass is 16.5. The number of methoxy groups -OCH3 is 1. The molecule has 0 saturated heterocycles. The number of nitrogens with zero attached hydrogens (tertiary/aromatic N) is 1. The molecule has 4 heteroatoms. The van der Waals surface area contributed by atoms with E-state index in [9.17, 15) is 0 Å². The van der Waals surface area contributed by atoms with Gasteiger partial charge in [0.05, 0.1) is 0 Å². The van der Waals surface area contributed by atoms with Gasteiger partial charge in [-0.05, 0) is 31.6 Å². The maximum absolute atomic E-state index is 5.05. The Bertz CT molecular complexity index is 263. The highest BCUT2D eigenvalue weighted by Crippen LogP contribution is 2.28. The van der Waals surface area contributed by atoms with Crippen LogP contribution in [0.3, 0.4) is 0 Å². The number of unbranched alkanes of at least 4 members (excludes halogenated alkanes) is 3. The summed E-state index contributed by atoms with van der Waals surface area (Å²) in [4.78, 5) is 4.27. The van der Waals surface area contributed by atoms with Crippen LogP contribution in [0.1, 0.15) is 64.2 Å². The van der Waals surface area contributed by atoms with E-state index in [1.807, 2.05) is 7.05 Å². The van der Waals surface area contributed by atoms with Crippen LogP contribution in [0.2, 0.25) is 0 Å². The number of hydrogen-bond donors (Lipinski definition) is 2. The Labute approximate surface area is 131 Å². The first-order chi connectivity index (χ1) is 10.4. The molecular weight excluding hydrogens is 262 g/mol. The highest BCUT2D eigenvalue weighted by Gasteiger charge is 2.13. The summed E-state index contributed by atoms with van der Waals surface area (Å²) in [5.74, 6) is 1.97. The van der Waals surface area contributed by atoms with Crippen molar-refractivity contribution in [3.05, 3.63) is 0 Å². The molecule has 0 aromatic carbocycles. The second-order valence-electron chi connectivity index (χ2n) is 6.13. The molecule has 0 amide bonds. The first kappa shape index (κ1) is 18.3. The van der Waals surface area contributed by atoms with Gasteiger partial charge in [0, 0.05) is 33.9 Å². The van der Waals surface area contributed by atoms with Crippen molar-refractivity contribution in [2.45, 2.75) is 64.2 Å². The number of rotatable bonds is 11. The van der Waals surface area contributed by atoms with Crippen LogP contribution >= 0.6 is 0 Å². The molecule has 0 spiro atoms. The van der Waals surface area contributed by atoms with Gasteiger partial charge in [-0.15, -0.1) is 0 Å². The van der Waals surface area contributed by atoms with E-state index in [2.05, 4.69) is 15.6 Å². The van der Waals surface area contributed by atoms with E-state index in [1.165, 1.54) is 57.8 Å². The van der Waals surface area contributed by atoms with Crippen LogP contribution in [0.4, 0.5) is 0 Å². The van der Waals surface area contributed by atoms with Crippen molar-refractivity contribution in [3.63, 3.8) is 0 Å². The Morgan fingerprint density at radius 2 is 1.67 bits per heavy atom. The van der Waals surface area contributed by atoms with Gasteiger partial charge in [-0.3, -0.25) is 4.99 Å². The van der Waals surface area contributed by atoms with Gasteiger partial charge in [0.1, 0.15) is 0 Å². The van der Waals surface area contributed by atoms with Gasteiger partial charge >= 0.3 is 0 Å². The molecule has 124 valence electrons. The summed E-state index contributed by atoms with van der Waals surface area (Å²) < 4.78 is 5.05. The Hall–Kier alpha value is -0.770. The van der Waals surface area contributed by atoms with Crippen LogP contribution in [0.15, 0.2) is 4.99 Å². The van der Waals surface area contributed by atoms with Crippen molar-refractivity contribution in [1.82, 2.24) is 10.6 Å². The van der Waals surface area contributed by atoms with Crippen molar-refractivity contribution >= 4 is 5.96 Å². The van der Waals surface area contributed by atoms with Crippen LogP contribution in [-0.4, -0.2) is 39.8 Å². The van der Waals surface area contributed by atoms with Gasteiger partial charge in [0.25, 0.3) is 0 Å². The van der Waals surface area contributed by atoms with Gasteiger partial charge in [-0.2, -0.15) is 0 Å². The minimum absolute atomic E-state index is 0.869. The summed E-state index contributed by atoms with van der Waals surface area (Å²) in [7, 11) is 3.61. The molecule has 1 aliphatic rings. The lowest BCUT2D eigenvalue weighted by atomic mass is 10.0. The molecular formula is C17H35N3O. The molecule has 2 N–H and O–H groups in total. The minimum Gasteiger partial charge on any atom is -0.385 e. The third-order valence-electron chi connectivity index (χ3n) is 4.35. The second-order valence-corrected chi connectivity index (χ2v) is 6.13. The summed E-state index contributed by atoms with van der Waals surface area (Å²) in [6.07, 6.45) is 13.4. The molecule has 1 fully saturated rings. The molecule has 0 heterocycles. The maximum Gasteiger partial charge on any atom is 0.190 e. The van der Waals surface area contributed by atoms with Crippen molar-refractivity contribution in [1.29, 1.82) is 0 Å². The van der Waals surface area contributed by atoms with Gasteiger partial charge in [0.2, 0.25) is 0 Å². The van der Waals surface area contributed by atoms with Gasteiger partial charge in [-0.1, -0.05) is 38.5 Å². The highest BCUT2D eigenvalue weighted by molar-refractivity contribution is 5.79. The fraction of sp³-hybridized carbons (Fsp3) is 0.941. The van der Waals surface area contributed by atoms with E-state index in [-0.39, 0.29) is 0 Å². The van der Waals surface area contributed by atoms with E-state index in [0.29, 0.717) is 0 Å². The van der Waals surface area contributed by atoms with E-state index in [1.54, 1.807) is 7.11 Å². The zero-order valence-corrected chi connectivity index (χ0v) is 14.1. The smallest absolute Gasteiger partial charge is 0.190 e. The van der Waals surface area contributed by atoms with Crippen molar-refractivity contribution in [3.8, 4) is 0 Å². The SMILES string of the molecule is CN=C(NCCCCCOC)NCCCCC1CCCC1. The monoisotopic (exact) mass is 297 g/mol. The van der Waals surface area contributed by atoms with Gasteiger partial charge in [0.15, 0.2) is 5.96 Å². The van der Waals surface area contributed by atoms with Crippen LogP contribution in [0.5, 0.6) is 0 Å². The fourth-order valence-corrected chi connectivity index (χ4v) is 3.04. The summed E-state index contributed by atoms with van der Waals surface area (Å²) >= 11 is 0. The van der Waals surface area contributed by atoms with Gasteiger partial charge in [-0.25, -0.2) is 0 Å². The lowest BCUT2D eigenvalue weighted by Crippen LogP contribution is -2.38. The number of ether oxygens (including phenoxy) is 1. The molecule has 4 nitrogen and oxygen atoms in total. The Morgan fingerprint density at radius 3 is 2.29 bits per heavy atom. The normalized spacial score (nSPS) is 16.4. The zero-order chi connectivity index (χ0) is 15.2. The second kappa shape index (κ2) is 12.9. The number of nitrogens with one attached hydrogen (secondary N) is 2. The molecule has 0 aromatic heterocycles. The first-order valence-corrected chi connectivity index (χ1v) is 8.80. The largest absolute Gasteiger partial charge is 0.385 e. The Kier molecular flexibility index (Phi) is 11.3. The number of aliphatic imine (C=N–C) groups is 1. The molecule has 0 atom stereocenters. The quantitative estimate of drug-likeness (QED) is 0.349. The topological polar surface area (TPSA) is 45.7 Å². The van der Waals surface area contributed by atoms with Crippen LogP contribution in [0.25, 0.3) is 0 Å². The molecule has 0 radical (unpaired) electrons. The average molecular weight is 297 g/mol.